The molecule has 2 N–H and O–H groups in total. The molecule has 0 radical (unpaired) electrons. The van der Waals surface area contributed by atoms with E-state index in [4.69, 9.17) is 22.1 Å². The molecule has 0 saturated heterocycles. The largest absolute Gasteiger partial charge is 0.452 e. The van der Waals surface area contributed by atoms with E-state index in [0.29, 0.717) is 10.8 Å². The molecule has 0 heterocycles. The van der Waals surface area contributed by atoms with Crippen molar-refractivity contribution in [2.24, 2.45) is 5.73 Å². The zero-order valence-electron chi connectivity index (χ0n) is 10.0. The summed E-state index contributed by atoms with van der Waals surface area (Å²) < 4.78 is 5.46. The number of hydrogen-bond acceptors (Lipinski definition) is 2. The predicted octanol–water partition coefficient (Wildman–Crippen LogP) is 3.25. The second kappa shape index (κ2) is 6.07. The molecule has 0 unspecified atom stereocenters. The zero-order chi connectivity index (χ0) is 13.7. The van der Waals surface area contributed by atoms with Gasteiger partial charge >= 0.3 is 0 Å². The van der Waals surface area contributed by atoms with Crippen molar-refractivity contribution >= 4 is 23.6 Å². The van der Waals surface area contributed by atoms with Gasteiger partial charge in [0.1, 0.15) is 5.75 Å². The van der Waals surface area contributed by atoms with Crippen LogP contribution in [0, 0.1) is 0 Å². The molecule has 0 aliphatic rings. The van der Waals surface area contributed by atoms with Crippen molar-refractivity contribution in [2.45, 2.75) is 0 Å². The molecular formula is C15H12ClNO2. The minimum atomic E-state index is -0.626. The Bertz CT molecular complexity index is 591. The third kappa shape index (κ3) is 3.86. The predicted molar refractivity (Wildman–Crippen MR) is 75.7 cm³/mol. The van der Waals surface area contributed by atoms with Crippen LogP contribution in [0.25, 0.3) is 6.08 Å². The Morgan fingerprint density at radius 2 is 1.68 bits per heavy atom. The molecule has 0 saturated carbocycles. The highest BCUT2D eigenvalue weighted by molar-refractivity contribution is 6.30. The van der Waals surface area contributed by atoms with Gasteiger partial charge in [0.15, 0.2) is 5.76 Å². The smallest absolute Gasteiger partial charge is 0.284 e. The van der Waals surface area contributed by atoms with Gasteiger partial charge < -0.3 is 10.5 Å². The number of ether oxygens (including phenoxy) is 1. The summed E-state index contributed by atoms with van der Waals surface area (Å²) in [6.07, 6.45) is 1.58. The van der Waals surface area contributed by atoms with E-state index in [1.165, 1.54) is 0 Å². The first kappa shape index (κ1) is 13.2. The average molecular weight is 274 g/mol. The topological polar surface area (TPSA) is 52.3 Å². The minimum absolute atomic E-state index is 0.0773. The molecule has 0 aromatic heterocycles. The second-order valence-corrected chi connectivity index (χ2v) is 4.28. The quantitative estimate of drug-likeness (QED) is 0.687. The van der Waals surface area contributed by atoms with Crippen LogP contribution in [0.3, 0.4) is 0 Å². The molecule has 96 valence electrons. The Morgan fingerprint density at radius 1 is 1.05 bits per heavy atom. The van der Waals surface area contributed by atoms with Crippen molar-refractivity contribution < 1.29 is 9.53 Å². The summed E-state index contributed by atoms with van der Waals surface area (Å²) in [6, 6.07) is 16.0. The van der Waals surface area contributed by atoms with E-state index in [1.54, 1.807) is 42.5 Å². The maximum atomic E-state index is 11.4. The van der Waals surface area contributed by atoms with Crippen molar-refractivity contribution in [1.82, 2.24) is 0 Å². The molecule has 0 atom stereocenters. The third-order valence-electron chi connectivity index (χ3n) is 2.38. The number of halogens is 1. The highest BCUT2D eigenvalue weighted by atomic mass is 35.5. The number of carbonyl (C=O) groups is 1. The van der Waals surface area contributed by atoms with Gasteiger partial charge in [0.05, 0.1) is 0 Å². The summed E-state index contributed by atoms with van der Waals surface area (Å²) in [5.74, 6) is 0.00818. The maximum absolute atomic E-state index is 11.4. The third-order valence-corrected chi connectivity index (χ3v) is 2.63. The first-order chi connectivity index (χ1) is 9.15. The molecule has 3 nitrogen and oxygen atoms in total. The minimum Gasteiger partial charge on any atom is -0.452 e. The Labute approximate surface area is 116 Å². The molecule has 0 aliphatic carbocycles. The monoisotopic (exact) mass is 273 g/mol. The van der Waals surface area contributed by atoms with Gasteiger partial charge in [-0.1, -0.05) is 41.9 Å². The summed E-state index contributed by atoms with van der Waals surface area (Å²) in [4.78, 5) is 11.4. The maximum Gasteiger partial charge on any atom is 0.284 e. The number of primary amides is 1. The normalized spacial score (nSPS) is 11.1. The summed E-state index contributed by atoms with van der Waals surface area (Å²) in [7, 11) is 0. The van der Waals surface area contributed by atoms with Crippen LogP contribution in [0.1, 0.15) is 5.56 Å². The van der Waals surface area contributed by atoms with Gasteiger partial charge in [-0.3, -0.25) is 4.79 Å². The Balaban J connectivity index is 2.25. The van der Waals surface area contributed by atoms with Crippen molar-refractivity contribution in [1.29, 1.82) is 0 Å². The van der Waals surface area contributed by atoms with Crippen molar-refractivity contribution in [3.63, 3.8) is 0 Å². The van der Waals surface area contributed by atoms with Gasteiger partial charge in [-0.25, -0.2) is 0 Å². The zero-order valence-corrected chi connectivity index (χ0v) is 10.8. The van der Waals surface area contributed by atoms with Crippen LogP contribution in [0.15, 0.2) is 60.4 Å². The molecule has 19 heavy (non-hydrogen) atoms. The number of benzene rings is 2. The molecular weight excluding hydrogens is 262 g/mol. The van der Waals surface area contributed by atoms with Crippen LogP contribution in [0.5, 0.6) is 5.75 Å². The number of carbonyl (C=O) groups excluding carboxylic acids is 1. The van der Waals surface area contributed by atoms with Crippen LogP contribution in [-0.2, 0) is 4.79 Å². The molecule has 2 rings (SSSR count). The van der Waals surface area contributed by atoms with Crippen molar-refractivity contribution in [3.8, 4) is 5.75 Å². The molecule has 0 spiro atoms. The van der Waals surface area contributed by atoms with E-state index in [2.05, 4.69) is 0 Å². The van der Waals surface area contributed by atoms with E-state index in [9.17, 15) is 4.79 Å². The second-order valence-electron chi connectivity index (χ2n) is 3.84. The van der Waals surface area contributed by atoms with Gasteiger partial charge in [-0.15, -0.1) is 0 Å². The molecule has 2 aromatic rings. The number of amides is 1. The fourth-order valence-electron chi connectivity index (χ4n) is 1.48. The van der Waals surface area contributed by atoms with E-state index in [1.807, 2.05) is 18.2 Å². The first-order valence-electron chi connectivity index (χ1n) is 5.65. The fourth-order valence-corrected chi connectivity index (χ4v) is 1.60. The van der Waals surface area contributed by atoms with Gasteiger partial charge in [-0.2, -0.15) is 0 Å². The summed E-state index contributed by atoms with van der Waals surface area (Å²) in [5.41, 5.74) is 6.09. The molecule has 4 heteroatoms. The number of nitrogens with two attached hydrogens (primary N) is 1. The van der Waals surface area contributed by atoms with Gasteiger partial charge in [-0.05, 0) is 35.9 Å². The Morgan fingerprint density at radius 3 is 2.26 bits per heavy atom. The Hall–Kier alpha value is -2.26. The van der Waals surface area contributed by atoms with Crippen molar-refractivity contribution in [2.75, 3.05) is 0 Å². The van der Waals surface area contributed by atoms with E-state index < -0.39 is 5.91 Å². The number of rotatable bonds is 4. The SMILES string of the molecule is NC(=O)/C(=C/c1ccc(Cl)cc1)Oc1ccccc1. The van der Waals surface area contributed by atoms with Gasteiger partial charge in [0, 0.05) is 5.02 Å². The molecule has 1 amide bonds. The standard InChI is InChI=1S/C15H12ClNO2/c16-12-8-6-11(7-9-12)10-14(15(17)18)19-13-4-2-1-3-5-13/h1-10H,(H2,17,18)/b14-10-. The lowest BCUT2D eigenvalue weighted by Gasteiger charge is -2.06. The molecule has 0 bridgehead atoms. The van der Waals surface area contributed by atoms with Crippen LogP contribution >= 0.6 is 11.6 Å². The van der Waals surface area contributed by atoms with Crippen molar-refractivity contribution in [3.05, 3.63) is 70.9 Å². The van der Waals surface area contributed by atoms with Gasteiger partial charge in [0.2, 0.25) is 0 Å². The van der Waals surface area contributed by atoms with Crippen LogP contribution < -0.4 is 10.5 Å². The lowest BCUT2D eigenvalue weighted by atomic mass is 10.2. The highest BCUT2D eigenvalue weighted by Gasteiger charge is 2.07. The fraction of sp³-hybridized carbons (Fsp3) is 0. The summed E-state index contributed by atoms with van der Waals surface area (Å²) in [5, 5.41) is 0.627. The number of para-hydroxylation sites is 1. The van der Waals surface area contributed by atoms with E-state index >= 15 is 0 Å². The Kier molecular flexibility index (Phi) is 4.21. The average Bonchev–Trinajstić information content (AvgIpc) is 2.41. The van der Waals surface area contributed by atoms with Crippen LogP contribution in [-0.4, -0.2) is 5.91 Å². The summed E-state index contributed by atoms with van der Waals surface area (Å²) >= 11 is 5.80. The molecule has 0 fully saturated rings. The molecule has 2 aromatic carbocycles. The lowest BCUT2D eigenvalue weighted by molar-refractivity contribution is -0.116. The van der Waals surface area contributed by atoms with Gasteiger partial charge in [0.25, 0.3) is 5.91 Å². The van der Waals surface area contributed by atoms with Crippen LogP contribution in [0.4, 0.5) is 0 Å². The first-order valence-corrected chi connectivity index (χ1v) is 6.03. The number of hydrogen-bond donors (Lipinski definition) is 1. The highest BCUT2D eigenvalue weighted by Crippen LogP contribution is 2.16. The van der Waals surface area contributed by atoms with E-state index in [0.717, 1.165) is 5.56 Å². The summed E-state index contributed by atoms with van der Waals surface area (Å²) in [6.45, 7) is 0. The lowest BCUT2D eigenvalue weighted by Crippen LogP contribution is -2.18. The van der Waals surface area contributed by atoms with E-state index in [-0.39, 0.29) is 5.76 Å². The van der Waals surface area contributed by atoms with Crippen LogP contribution in [0.2, 0.25) is 5.02 Å². The molecule has 0 aliphatic heterocycles.